The number of ether oxygens (including phenoxy) is 2. The van der Waals surface area contributed by atoms with Gasteiger partial charge in [-0.1, -0.05) is 43.4 Å². The van der Waals surface area contributed by atoms with E-state index in [0.29, 0.717) is 12.2 Å². The second-order valence-electron chi connectivity index (χ2n) is 10.1. The number of carbonyl (C=O) groups is 1. The lowest BCUT2D eigenvalue weighted by Gasteiger charge is -2.30. The van der Waals surface area contributed by atoms with Crippen LogP contribution in [0.4, 0.5) is 10.8 Å². The Balaban J connectivity index is 1.65. The molecule has 0 atom stereocenters. The van der Waals surface area contributed by atoms with Gasteiger partial charge >= 0.3 is 0 Å². The number of methoxy groups -OCH3 is 2. The number of ketones is 1. The second-order valence-corrected chi connectivity index (χ2v) is 11.1. The molecule has 0 saturated carbocycles. The van der Waals surface area contributed by atoms with Crippen LogP contribution in [0.15, 0.2) is 42.5 Å². The lowest BCUT2D eigenvalue weighted by Crippen LogP contribution is -2.49. The molecule has 4 aromatic rings. The van der Waals surface area contributed by atoms with Crippen LogP contribution in [0.25, 0.3) is 21.5 Å². The van der Waals surface area contributed by atoms with Gasteiger partial charge in [0.2, 0.25) is 5.69 Å². The molecule has 1 N–H and O–H groups in total. The zero-order chi connectivity index (χ0) is 24.3. The van der Waals surface area contributed by atoms with Crippen molar-refractivity contribution in [2.24, 2.45) is 5.41 Å². The van der Waals surface area contributed by atoms with E-state index in [1.165, 1.54) is 5.56 Å². The molecule has 7 heteroatoms. The molecule has 3 heterocycles. The van der Waals surface area contributed by atoms with E-state index in [1.807, 2.05) is 30.3 Å². The summed E-state index contributed by atoms with van der Waals surface area (Å²) in [7, 11) is 3.34. The number of carbonyl (C=O) groups excluding carboxylic acids is 1. The third-order valence-corrected chi connectivity index (χ3v) is 8.00. The van der Waals surface area contributed by atoms with E-state index >= 15 is 0 Å². The summed E-state index contributed by atoms with van der Waals surface area (Å²) in [6, 6.07) is 14.2. The maximum Gasteiger partial charge on any atom is 0.232 e. The van der Waals surface area contributed by atoms with Crippen LogP contribution in [0.1, 0.15) is 41.9 Å². The summed E-state index contributed by atoms with van der Waals surface area (Å²) >= 11 is 1.60. The van der Waals surface area contributed by atoms with Crippen LogP contribution in [0.3, 0.4) is 0 Å². The summed E-state index contributed by atoms with van der Waals surface area (Å²) in [6.07, 6.45) is 2.25. The highest BCUT2D eigenvalue weighted by atomic mass is 32.1. The summed E-state index contributed by atoms with van der Waals surface area (Å²) in [6.45, 7) is 5.18. The van der Waals surface area contributed by atoms with Crippen molar-refractivity contribution in [3.8, 4) is 22.8 Å². The molecule has 1 aliphatic carbocycles. The number of para-hydroxylation sites is 1. The lowest BCUT2D eigenvalue weighted by molar-refractivity contribution is -0.694. The molecule has 2 aliphatic rings. The van der Waals surface area contributed by atoms with E-state index in [1.54, 1.807) is 25.6 Å². The number of aryl methyl sites for hydroxylation is 1. The first-order chi connectivity index (χ1) is 16.9. The number of pyridine rings is 1. The zero-order valence-corrected chi connectivity index (χ0v) is 21.2. The molecular weight excluding hydrogens is 458 g/mol. The first kappa shape index (κ1) is 22.0. The normalized spacial score (nSPS) is 15.8. The van der Waals surface area contributed by atoms with Crippen molar-refractivity contribution in [1.82, 2.24) is 4.98 Å². The topological polar surface area (TPSA) is 64.3 Å². The maximum absolute atomic E-state index is 13.5. The van der Waals surface area contributed by atoms with Gasteiger partial charge in [0.15, 0.2) is 34.7 Å². The first-order valence-corrected chi connectivity index (χ1v) is 12.7. The Morgan fingerprint density at radius 3 is 2.54 bits per heavy atom. The summed E-state index contributed by atoms with van der Waals surface area (Å²) in [5.41, 5.74) is 7.04. The third-order valence-electron chi connectivity index (χ3n) is 7.02. The van der Waals surface area contributed by atoms with Crippen molar-refractivity contribution in [3.63, 3.8) is 0 Å². The fourth-order valence-electron chi connectivity index (χ4n) is 5.49. The summed E-state index contributed by atoms with van der Waals surface area (Å²) < 4.78 is 14.6. The Kier molecular flexibility index (Phi) is 5.07. The molecule has 0 radical (unpaired) electrons. The predicted octanol–water partition coefficient (Wildman–Crippen LogP) is 5.72. The summed E-state index contributed by atoms with van der Waals surface area (Å²) in [5.74, 6) is 1.63. The summed E-state index contributed by atoms with van der Waals surface area (Å²) in [5, 5.41) is 4.23. The Morgan fingerprint density at radius 1 is 1.06 bits per heavy atom. The Bertz CT molecular complexity index is 1490. The number of fused-ring (bicyclic) bond motifs is 8. The molecule has 0 fully saturated rings. The van der Waals surface area contributed by atoms with E-state index < -0.39 is 0 Å². The van der Waals surface area contributed by atoms with E-state index in [4.69, 9.17) is 14.5 Å². The number of anilines is 2. The molecule has 2 aromatic carbocycles. The standard InChI is InChI=1S/C28H27N3O3S/c1-28(2)14-19-23(20(32)15-28)24-26(35-27(30-24)29-17-8-6-5-7-9-17)25-18-13-22(34-4)21(33-3)12-16(18)10-11-31(19)25/h5-9,12-13H,10-11,14-15H2,1-4H3/p+1. The molecule has 1 aliphatic heterocycles. The molecule has 0 saturated heterocycles. The minimum atomic E-state index is -0.0858. The molecule has 2 aromatic heterocycles. The molecule has 6 nitrogen and oxygen atoms in total. The van der Waals surface area contributed by atoms with Gasteiger partial charge in [0.1, 0.15) is 15.8 Å². The van der Waals surface area contributed by atoms with Crippen LogP contribution in [0.2, 0.25) is 0 Å². The minimum Gasteiger partial charge on any atom is -0.493 e. The number of rotatable bonds is 4. The minimum absolute atomic E-state index is 0.0858. The fourth-order valence-corrected chi connectivity index (χ4v) is 6.55. The number of Topliss-reactive ketones (excluding diaryl/α,β-unsaturated/α-hetero) is 1. The predicted molar refractivity (Wildman–Crippen MR) is 138 cm³/mol. The smallest absolute Gasteiger partial charge is 0.232 e. The quantitative estimate of drug-likeness (QED) is 0.374. The molecule has 0 spiro atoms. The van der Waals surface area contributed by atoms with Crippen LogP contribution < -0.4 is 19.4 Å². The molecule has 6 rings (SSSR count). The number of nitrogens with zero attached hydrogens (tertiary/aromatic N) is 2. The molecule has 0 bridgehead atoms. The van der Waals surface area contributed by atoms with Gasteiger partial charge in [-0.2, -0.15) is 4.57 Å². The van der Waals surface area contributed by atoms with Gasteiger partial charge in [-0.05, 0) is 35.2 Å². The van der Waals surface area contributed by atoms with Crippen LogP contribution in [0.5, 0.6) is 11.5 Å². The Morgan fingerprint density at radius 2 is 1.80 bits per heavy atom. The van der Waals surface area contributed by atoms with Crippen molar-refractivity contribution in [3.05, 3.63) is 59.3 Å². The van der Waals surface area contributed by atoms with Crippen LogP contribution >= 0.6 is 11.3 Å². The number of thiazole rings is 1. The number of benzene rings is 2. The van der Waals surface area contributed by atoms with E-state index in [-0.39, 0.29) is 11.2 Å². The molecular formula is C28H28N3O3S+. The van der Waals surface area contributed by atoms with Crippen LogP contribution in [-0.2, 0) is 19.4 Å². The van der Waals surface area contributed by atoms with Crippen molar-refractivity contribution >= 4 is 38.2 Å². The lowest BCUT2D eigenvalue weighted by atomic mass is 9.74. The molecule has 178 valence electrons. The molecule has 35 heavy (non-hydrogen) atoms. The van der Waals surface area contributed by atoms with Crippen LogP contribution in [0, 0.1) is 5.41 Å². The fraction of sp³-hybridized carbons (Fsp3) is 0.321. The second kappa shape index (κ2) is 8.05. The highest BCUT2D eigenvalue weighted by Crippen LogP contribution is 2.45. The third kappa shape index (κ3) is 3.57. The van der Waals surface area contributed by atoms with Gasteiger partial charge in [0.05, 0.1) is 19.8 Å². The van der Waals surface area contributed by atoms with Crippen molar-refractivity contribution < 1.29 is 18.8 Å². The van der Waals surface area contributed by atoms with Gasteiger partial charge in [-0.3, -0.25) is 4.79 Å². The van der Waals surface area contributed by atoms with Crippen LogP contribution in [-0.4, -0.2) is 25.0 Å². The summed E-state index contributed by atoms with van der Waals surface area (Å²) in [4.78, 5) is 18.5. The number of nitrogens with one attached hydrogen (secondary N) is 1. The molecule has 0 unspecified atom stereocenters. The molecule has 0 amide bonds. The van der Waals surface area contributed by atoms with Gasteiger partial charge in [0.25, 0.3) is 0 Å². The zero-order valence-electron chi connectivity index (χ0n) is 20.4. The monoisotopic (exact) mass is 486 g/mol. The van der Waals surface area contributed by atoms with E-state index in [2.05, 4.69) is 35.9 Å². The number of hydrogen-bond acceptors (Lipinski definition) is 6. The average Bonchev–Trinajstić information content (AvgIpc) is 3.25. The highest BCUT2D eigenvalue weighted by Gasteiger charge is 2.43. The Labute approximate surface area is 208 Å². The van der Waals surface area contributed by atoms with E-state index in [0.717, 1.165) is 68.7 Å². The first-order valence-electron chi connectivity index (χ1n) is 11.9. The van der Waals surface area contributed by atoms with Gasteiger partial charge in [-0.25, -0.2) is 4.98 Å². The Hall–Kier alpha value is -3.45. The largest absolute Gasteiger partial charge is 0.493 e. The SMILES string of the molecule is COc1cc2c(cc1OC)-c1c3sc(Nc4ccccc4)nc3c3c([n+]1CC2)CC(C)(C)CC3=O. The van der Waals surface area contributed by atoms with Crippen molar-refractivity contribution in [1.29, 1.82) is 0 Å². The van der Waals surface area contributed by atoms with Gasteiger partial charge in [0, 0.05) is 24.9 Å². The number of hydrogen-bond donors (Lipinski definition) is 1. The highest BCUT2D eigenvalue weighted by molar-refractivity contribution is 7.22. The van der Waals surface area contributed by atoms with Gasteiger partial charge in [-0.15, -0.1) is 0 Å². The van der Waals surface area contributed by atoms with Gasteiger partial charge < -0.3 is 14.8 Å². The van der Waals surface area contributed by atoms with E-state index in [9.17, 15) is 4.79 Å². The van der Waals surface area contributed by atoms with Crippen molar-refractivity contribution in [2.45, 2.75) is 39.7 Å². The maximum atomic E-state index is 13.5. The van der Waals surface area contributed by atoms with Crippen molar-refractivity contribution in [2.75, 3.05) is 19.5 Å². The number of aromatic nitrogens is 2. The average molecular weight is 487 g/mol.